The van der Waals surface area contributed by atoms with Crippen molar-refractivity contribution < 1.29 is 0 Å². The van der Waals surface area contributed by atoms with Gasteiger partial charge in [0, 0.05) is 26.2 Å². The van der Waals surface area contributed by atoms with Crippen molar-refractivity contribution in [1.82, 2.24) is 15.1 Å². The van der Waals surface area contributed by atoms with Gasteiger partial charge in [-0.15, -0.1) is 0 Å². The van der Waals surface area contributed by atoms with Crippen LogP contribution in [0.5, 0.6) is 0 Å². The summed E-state index contributed by atoms with van der Waals surface area (Å²) in [5, 5.41) is 3.69. The third kappa shape index (κ3) is 4.73. The van der Waals surface area contributed by atoms with Crippen molar-refractivity contribution in [2.45, 2.75) is 45.4 Å². The maximum Gasteiger partial charge on any atom is 0.0109 e. The van der Waals surface area contributed by atoms with Crippen LogP contribution in [0.4, 0.5) is 0 Å². The second-order valence-corrected chi connectivity index (χ2v) is 6.82. The van der Waals surface area contributed by atoms with Gasteiger partial charge >= 0.3 is 0 Å². The summed E-state index contributed by atoms with van der Waals surface area (Å²) in [6.45, 7) is 11.1. The monoisotopic (exact) mass is 267 g/mol. The SMILES string of the molecule is CCCNCC1(CN2CCCN(C)CC2)CCCC1. The van der Waals surface area contributed by atoms with Gasteiger partial charge in [-0.3, -0.25) is 0 Å². The molecule has 1 heterocycles. The van der Waals surface area contributed by atoms with Crippen LogP contribution in [0.1, 0.15) is 45.4 Å². The van der Waals surface area contributed by atoms with Crippen molar-refractivity contribution in [1.29, 1.82) is 0 Å². The van der Waals surface area contributed by atoms with Gasteiger partial charge in [-0.25, -0.2) is 0 Å². The lowest BCUT2D eigenvalue weighted by atomic mass is 9.85. The van der Waals surface area contributed by atoms with Crippen LogP contribution in [0.3, 0.4) is 0 Å². The first kappa shape index (κ1) is 15.3. The molecular formula is C16H33N3. The molecule has 0 bridgehead atoms. The molecule has 1 saturated heterocycles. The maximum atomic E-state index is 3.69. The molecule has 0 radical (unpaired) electrons. The highest BCUT2D eigenvalue weighted by molar-refractivity contribution is 4.90. The summed E-state index contributed by atoms with van der Waals surface area (Å²) >= 11 is 0. The highest BCUT2D eigenvalue weighted by Gasteiger charge is 2.35. The molecule has 0 spiro atoms. The second kappa shape index (κ2) is 7.61. The maximum absolute atomic E-state index is 3.69. The third-order valence-corrected chi connectivity index (χ3v) is 4.96. The number of likely N-dealkylation sites (N-methyl/N-ethyl adjacent to an activating group) is 1. The molecule has 0 aromatic rings. The van der Waals surface area contributed by atoms with Gasteiger partial charge in [0.25, 0.3) is 0 Å². The number of rotatable bonds is 6. The third-order valence-electron chi connectivity index (χ3n) is 4.96. The minimum atomic E-state index is 0.581. The topological polar surface area (TPSA) is 18.5 Å². The van der Waals surface area contributed by atoms with E-state index in [1.165, 1.54) is 84.3 Å². The van der Waals surface area contributed by atoms with E-state index in [0.29, 0.717) is 5.41 Å². The Morgan fingerprint density at radius 1 is 1.00 bits per heavy atom. The van der Waals surface area contributed by atoms with Crippen LogP contribution in [0.25, 0.3) is 0 Å². The Hall–Kier alpha value is -0.120. The van der Waals surface area contributed by atoms with E-state index in [9.17, 15) is 0 Å². The fourth-order valence-electron chi connectivity index (χ4n) is 3.78. The summed E-state index contributed by atoms with van der Waals surface area (Å²) in [6.07, 6.45) is 8.37. The van der Waals surface area contributed by atoms with Gasteiger partial charge in [0.2, 0.25) is 0 Å². The Labute approximate surface area is 119 Å². The molecule has 1 aliphatic heterocycles. The van der Waals surface area contributed by atoms with Crippen LogP contribution in [0.2, 0.25) is 0 Å². The first-order chi connectivity index (χ1) is 9.24. The Bertz CT molecular complexity index is 248. The molecule has 1 saturated carbocycles. The standard InChI is InChI=1S/C16H33N3/c1-3-9-17-14-16(7-4-5-8-16)15-19-11-6-10-18(2)12-13-19/h17H,3-15H2,1-2H3. The lowest BCUT2D eigenvalue weighted by Crippen LogP contribution is -2.44. The first-order valence-electron chi connectivity index (χ1n) is 8.36. The predicted octanol–water partition coefficient (Wildman–Crippen LogP) is 2.18. The van der Waals surface area contributed by atoms with E-state index in [1.54, 1.807) is 0 Å². The highest BCUT2D eigenvalue weighted by Crippen LogP contribution is 2.38. The number of nitrogens with one attached hydrogen (secondary N) is 1. The number of hydrogen-bond donors (Lipinski definition) is 1. The molecule has 2 fully saturated rings. The average Bonchev–Trinajstić information content (AvgIpc) is 2.75. The van der Waals surface area contributed by atoms with Crippen molar-refractivity contribution in [3.63, 3.8) is 0 Å². The molecule has 0 amide bonds. The van der Waals surface area contributed by atoms with Gasteiger partial charge in [0.1, 0.15) is 0 Å². The Morgan fingerprint density at radius 3 is 2.53 bits per heavy atom. The van der Waals surface area contributed by atoms with E-state index in [2.05, 4.69) is 29.1 Å². The van der Waals surface area contributed by atoms with Crippen molar-refractivity contribution in [2.75, 3.05) is 52.9 Å². The molecule has 1 aliphatic carbocycles. The minimum Gasteiger partial charge on any atom is -0.316 e. The Balaban J connectivity index is 1.84. The summed E-state index contributed by atoms with van der Waals surface area (Å²) in [5.41, 5.74) is 0.581. The molecule has 2 rings (SSSR count). The van der Waals surface area contributed by atoms with Crippen molar-refractivity contribution in [3.05, 3.63) is 0 Å². The fraction of sp³-hybridized carbons (Fsp3) is 1.00. The van der Waals surface area contributed by atoms with Crippen LogP contribution >= 0.6 is 0 Å². The Kier molecular flexibility index (Phi) is 6.11. The van der Waals surface area contributed by atoms with Crippen LogP contribution in [-0.4, -0.2) is 62.7 Å². The summed E-state index contributed by atoms with van der Waals surface area (Å²) in [4.78, 5) is 5.22. The zero-order valence-corrected chi connectivity index (χ0v) is 13.1. The molecule has 3 heteroatoms. The second-order valence-electron chi connectivity index (χ2n) is 6.82. The van der Waals surface area contributed by atoms with Gasteiger partial charge in [0.05, 0.1) is 0 Å². The quantitative estimate of drug-likeness (QED) is 0.744. The zero-order chi connectivity index (χ0) is 13.6. The van der Waals surface area contributed by atoms with Crippen LogP contribution < -0.4 is 5.32 Å². The average molecular weight is 267 g/mol. The molecule has 2 aliphatic rings. The van der Waals surface area contributed by atoms with Gasteiger partial charge in [-0.1, -0.05) is 19.8 Å². The molecule has 1 N–H and O–H groups in total. The largest absolute Gasteiger partial charge is 0.316 e. The molecule has 0 aromatic heterocycles. The predicted molar refractivity (Wildman–Crippen MR) is 82.6 cm³/mol. The lowest BCUT2D eigenvalue weighted by Gasteiger charge is -2.35. The molecule has 0 aromatic carbocycles. The van der Waals surface area contributed by atoms with E-state index >= 15 is 0 Å². The molecule has 112 valence electrons. The van der Waals surface area contributed by atoms with Crippen LogP contribution in [0, 0.1) is 5.41 Å². The first-order valence-corrected chi connectivity index (χ1v) is 8.36. The van der Waals surface area contributed by atoms with E-state index in [1.807, 2.05) is 0 Å². The van der Waals surface area contributed by atoms with Crippen molar-refractivity contribution >= 4 is 0 Å². The molecule has 19 heavy (non-hydrogen) atoms. The van der Waals surface area contributed by atoms with E-state index in [-0.39, 0.29) is 0 Å². The molecule has 0 unspecified atom stereocenters. The van der Waals surface area contributed by atoms with E-state index < -0.39 is 0 Å². The minimum absolute atomic E-state index is 0.581. The fourth-order valence-corrected chi connectivity index (χ4v) is 3.78. The van der Waals surface area contributed by atoms with Gasteiger partial charge < -0.3 is 15.1 Å². The molecular weight excluding hydrogens is 234 g/mol. The number of hydrogen-bond acceptors (Lipinski definition) is 3. The van der Waals surface area contributed by atoms with Crippen LogP contribution in [-0.2, 0) is 0 Å². The Morgan fingerprint density at radius 2 is 1.79 bits per heavy atom. The molecule has 0 atom stereocenters. The molecule has 3 nitrogen and oxygen atoms in total. The normalized spacial score (nSPS) is 25.6. The zero-order valence-electron chi connectivity index (χ0n) is 13.1. The summed E-state index contributed by atoms with van der Waals surface area (Å²) < 4.78 is 0. The van der Waals surface area contributed by atoms with Crippen molar-refractivity contribution in [3.8, 4) is 0 Å². The van der Waals surface area contributed by atoms with Crippen molar-refractivity contribution in [2.24, 2.45) is 5.41 Å². The highest BCUT2D eigenvalue weighted by atomic mass is 15.2. The smallest absolute Gasteiger partial charge is 0.0109 e. The number of nitrogens with zero attached hydrogens (tertiary/aromatic N) is 2. The van der Waals surface area contributed by atoms with E-state index in [0.717, 1.165) is 0 Å². The summed E-state index contributed by atoms with van der Waals surface area (Å²) in [6, 6.07) is 0. The van der Waals surface area contributed by atoms with Gasteiger partial charge in [0.15, 0.2) is 0 Å². The lowest BCUT2D eigenvalue weighted by molar-refractivity contribution is 0.152. The van der Waals surface area contributed by atoms with Crippen LogP contribution in [0.15, 0.2) is 0 Å². The van der Waals surface area contributed by atoms with Gasteiger partial charge in [-0.05, 0) is 57.8 Å². The summed E-state index contributed by atoms with van der Waals surface area (Å²) in [5.74, 6) is 0. The van der Waals surface area contributed by atoms with E-state index in [4.69, 9.17) is 0 Å². The summed E-state index contributed by atoms with van der Waals surface area (Å²) in [7, 11) is 2.26. The van der Waals surface area contributed by atoms with Gasteiger partial charge in [-0.2, -0.15) is 0 Å².